The number of nitrogen functional groups attached to an aromatic ring is 1. The number of aromatic amines is 1. The van der Waals surface area contributed by atoms with Gasteiger partial charge in [-0.05, 0) is 108 Å². The fourth-order valence-electron chi connectivity index (χ4n) is 14.4. The topological polar surface area (TPSA) is 924 Å². The lowest BCUT2D eigenvalue weighted by Gasteiger charge is -2.28. The second-order valence-electron chi connectivity index (χ2n) is 33.8. The van der Waals surface area contributed by atoms with Crippen LogP contribution in [0.2, 0.25) is 0 Å². The van der Waals surface area contributed by atoms with Gasteiger partial charge in [0.1, 0.15) is 108 Å². The highest BCUT2D eigenvalue weighted by Gasteiger charge is 2.40. The molecule has 7 rings (SSSR count). The Labute approximate surface area is 853 Å². The van der Waals surface area contributed by atoms with E-state index in [0.717, 1.165) is 43.8 Å². The maximum atomic E-state index is 15.2. The Bertz CT molecular complexity index is 5520. The molecule has 58 heteroatoms. The van der Waals surface area contributed by atoms with E-state index in [1.54, 1.807) is 18.2 Å². The number of carboxylic acids is 4. The summed E-state index contributed by atoms with van der Waals surface area (Å²) in [6, 6.07) is 8.78. The molecule has 1 aliphatic rings. The van der Waals surface area contributed by atoms with Gasteiger partial charge in [0.15, 0.2) is 11.2 Å². The van der Waals surface area contributed by atoms with Gasteiger partial charge in [0.05, 0.1) is 56.6 Å². The summed E-state index contributed by atoms with van der Waals surface area (Å²) in [5, 5.41) is 223. The molecule has 3 heterocycles. The fourth-order valence-corrected chi connectivity index (χ4v) is 17.5. The molecule has 12 amide bonds. The van der Waals surface area contributed by atoms with Gasteiger partial charge >= 0.3 is 23.9 Å². The van der Waals surface area contributed by atoms with E-state index in [1.807, 2.05) is 48.5 Å². The van der Waals surface area contributed by atoms with Crippen molar-refractivity contribution in [2.45, 2.75) is 223 Å². The Morgan fingerprint density at radius 3 is 1.22 bits per heavy atom. The van der Waals surface area contributed by atoms with Crippen LogP contribution in [0.25, 0.3) is 22.3 Å². The second kappa shape index (κ2) is 61.4. The molecule has 0 saturated heterocycles. The minimum atomic E-state index is -2.33. The number of aromatic nitrogens is 5. The minimum Gasteiger partial charge on any atom is -0.481 e. The molecule has 3 aromatic heterocycles. The normalized spacial score (nSPS) is 15.8. The van der Waals surface area contributed by atoms with Crippen LogP contribution >= 0.6 is 33.3 Å². The summed E-state index contributed by atoms with van der Waals surface area (Å²) >= 11 is 1.40. The minimum absolute atomic E-state index is 0.0139. The van der Waals surface area contributed by atoms with Crippen LogP contribution in [0.4, 0.5) is 11.6 Å². The molecular formula is C90H121N19O36S3. The van der Waals surface area contributed by atoms with Crippen LogP contribution in [0.3, 0.4) is 0 Å². The summed E-state index contributed by atoms with van der Waals surface area (Å²) in [5.41, 5.74) is 9.48. The molecule has 1 aliphatic carbocycles. The first-order valence-corrected chi connectivity index (χ1v) is 49.5. The van der Waals surface area contributed by atoms with Crippen LogP contribution in [-0.2, 0) is 78.5 Å². The number of fused-ring (bicyclic) bond motifs is 4. The highest BCUT2D eigenvalue weighted by atomic mass is 33.1. The van der Waals surface area contributed by atoms with Gasteiger partial charge in [-0.1, -0.05) is 65.4 Å². The highest BCUT2D eigenvalue weighted by molar-refractivity contribution is 8.76. The molecule has 3 aromatic carbocycles. The summed E-state index contributed by atoms with van der Waals surface area (Å²) in [7, 11) is 1.93. The van der Waals surface area contributed by atoms with Crippen molar-refractivity contribution in [2.75, 3.05) is 74.3 Å². The summed E-state index contributed by atoms with van der Waals surface area (Å²) in [6.07, 6.45) is -34.9. The molecule has 35 N–H and O–H groups in total. The summed E-state index contributed by atoms with van der Waals surface area (Å²) < 4.78 is 0. The van der Waals surface area contributed by atoms with Gasteiger partial charge in [-0.2, -0.15) is 16.7 Å². The summed E-state index contributed by atoms with van der Waals surface area (Å²) in [4.78, 5) is 254. The van der Waals surface area contributed by atoms with E-state index < -0.39 is 345 Å². The maximum absolute atomic E-state index is 15.2. The number of amides is 12. The third kappa shape index (κ3) is 39.3. The zero-order valence-electron chi connectivity index (χ0n) is 78.9. The number of nitrogens with zero attached hydrogens (tertiary/aromatic N) is 4. The molecule has 0 saturated carbocycles. The lowest BCUT2D eigenvalue weighted by molar-refractivity contribution is -0.142. The van der Waals surface area contributed by atoms with E-state index in [-0.39, 0.29) is 58.8 Å². The number of rotatable bonds is 67. The monoisotopic (exact) mass is 2140 g/mol. The summed E-state index contributed by atoms with van der Waals surface area (Å²) in [5.74, 6) is -22.3. The van der Waals surface area contributed by atoms with Gasteiger partial charge in [0, 0.05) is 112 Å². The Morgan fingerprint density at radius 1 is 0.399 bits per heavy atom. The molecule has 20 atom stereocenters. The number of hydrogen-bond acceptors (Lipinski definition) is 41. The van der Waals surface area contributed by atoms with Gasteiger partial charge in [-0.25, -0.2) is 24.5 Å². The number of nitrogens with two attached hydrogens (primary N) is 1. The molecule has 55 nitrogen and oxygen atoms in total. The van der Waals surface area contributed by atoms with Crippen LogP contribution < -0.4 is 80.4 Å². The predicted octanol–water partition coefficient (Wildman–Crippen LogP) is -10.0. The molecule has 0 fully saturated rings. The SMILES string of the molecule is Nc1nc2ncc(CNc3ccc(C(=O)N[C@@H](CCC(=O)N[C@@H](CCC(=O)NC[C@H](O)[C@@H](O)[C@H](O)[C@H](O)CO)C(=O)N[C@@H](CCC(=O)O)C(=O)N[C@@H](CCC(=O)NC[C@H](O)[C@@H](O)[C@H](O)[C@H](O)CO)C(=O)N[C@@H](CCC(=O)O)C(=O)N[C@@H](CCC(=O)NC[C@H](O)[C@@H](O)[C@H](O)[C@H](O)CO)C(=O)N[C@@H](CNC(=O)CCSCC4c5ccccc5-c5ccccc54)C(=O)N[C@@H](CSSc4ccccn4)C(=O)O)C(=O)O)cc3)nc2c(=O)[nH]1. The molecule has 0 radical (unpaired) electrons. The summed E-state index contributed by atoms with van der Waals surface area (Å²) in [6.45, 7) is -7.07. The maximum Gasteiger partial charge on any atom is 0.327 e. The number of carboxylic acid groups (broad SMARTS) is 4. The molecule has 0 aliphatic heterocycles. The van der Waals surface area contributed by atoms with E-state index in [2.05, 4.69) is 94.0 Å². The van der Waals surface area contributed by atoms with Gasteiger partial charge < -0.3 is 172 Å². The van der Waals surface area contributed by atoms with E-state index in [9.17, 15) is 164 Å². The number of H-pyrrole nitrogens is 1. The van der Waals surface area contributed by atoms with Crippen LogP contribution in [0.15, 0.2) is 113 Å². The van der Waals surface area contributed by atoms with Crippen molar-refractivity contribution in [3.8, 4) is 11.1 Å². The number of aliphatic hydroxyl groups is 15. The number of anilines is 2. The number of pyridine rings is 1. The van der Waals surface area contributed by atoms with Crippen LogP contribution in [0.1, 0.15) is 117 Å². The number of carbonyl (C=O) groups is 16. The van der Waals surface area contributed by atoms with Crippen molar-refractivity contribution in [3.63, 3.8) is 0 Å². The number of hydrogen-bond donors (Lipinski definition) is 34. The van der Waals surface area contributed by atoms with Gasteiger partial charge in [-0.15, -0.1) is 0 Å². The van der Waals surface area contributed by atoms with Crippen LogP contribution in [0, 0.1) is 0 Å². The van der Waals surface area contributed by atoms with Gasteiger partial charge in [0.2, 0.25) is 70.9 Å². The Hall–Kier alpha value is -13.4. The van der Waals surface area contributed by atoms with Crippen molar-refractivity contribution < 1.29 is 174 Å². The van der Waals surface area contributed by atoms with Crippen LogP contribution in [-0.4, -0.2) is 402 Å². The Morgan fingerprint density at radius 2 is 0.784 bits per heavy atom. The fraction of sp³-hybridized carbons (Fsp3) is 0.500. The average Bonchev–Trinajstić information content (AvgIpc) is 1.61. The van der Waals surface area contributed by atoms with E-state index >= 15 is 14.4 Å². The third-order valence-electron chi connectivity index (χ3n) is 22.8. The number of aliphatic hydroxyl groups excluding tert-OH is 15. The van der Waals surface area contributed by atoms with Gasteiger partial charge in [-0.3, -0.25) is 76.9 Å². The first-order chi connectivity index (χ1) is 70.3. The largest absolute Gasteiger partial charge is 0.481 e. The lowest BCUT2D eigenvalue weighted by atomic mass is 9.99. The average molecular weight is 2140 g/mol. The van der Waals surface area contributed by atoms with Crippen molar-refractivity contribution in [1.82, 2.24) is 88.7 Å². The standard InChI is InChI=1S/C90H121N19O36S3/c91-90-108-79-72(87(141)109-90)99-44(32-98-79)31-93-43-14-12-42(13-15-43)80(134)105-55(88(142)143)19-25-68(123)100-50(16-22-64(119)95-34-58(113)73(128)76(131)61(116)37-110)81(135)103-53(20-26-70(124)125)83(137)101-51(17-23-65(120)96-35-59(114)74(129)77(132)62(117)38-111)82(136)104-54(21-27-71(126)127)84(138)102-52(18-24-66(121)97-36-60(115)75(130)78(133)63(118)39-112)85(139)106-56(86(140)107-57(89(144)145)41-147-148-69-11-5-6-29-92-69)33-94-67(122)28-30-146-40-49-47-9-3-1-7-45(47)46-8-2-4-10-48(46)49/h1-15,29,32,49-63,73-78,93,110-118,128-133H,16-28,30-31,33-41H2,(H,94,122)(H,95,119)(H,96,120)(H,97,121)(H,100,123)(H,101,137)(H,102,138)(H,103,135)(H,104,136)(H,105,134)(H,106,139)(H,107,140)(H,124,125)(H,126,127)(H,142,143)(H,144,145)(H3,91,98,108,109,141)/t50-,51-,52-,53-,54-,55-,56-,57-,58-,59-,60-,61+,62+,63+,73+,74+,75+,76+,77+,78+/m0/s1. The van der Waals surface area contributed by atoms with Crippen LogP contribution in [0.5, 0.6) is 0 Å². The smallest absolute Gasteiger partial charge is 0.327 e. The zero-order valence-corrected chi connectivity index (χ0v) is 81.4. The first kappa shape index (κ1) is 122. The lowest BCUT2D eigenvalue weighted by Crippen LogP contribution is -2.61. The number of carbonyl (C=O) groups excluding carboxylic acids is 12. The predicted molar refractivity (Wildman–Crippen MR) is 520 cm³/mol. The molecule has 6 aromatic rings. The molecule has 0 unspecified atom stereocenters. The second-order valence-corrected chi connectivity index (χ2v) is 37.3. The van der Waals surface area contributed by atoms with Crippen molar-refractivity contribution in [2.24, 2.45) is 0 Å². The molecule has 0 bridgehead atoms. The van der Waals surface area contributed by atoms with Gasteiger partial charge in [0.25, 0.3) is 11.5 Å². The number of nitrogens with one attached hydrogen (secondary N) is 14. The molecule has 148 heavy (non-hydrogen) atoms. The number of aliphatic carboxylic acids is 4. The zero-order chi connectivity index (χ0) is 109. The third-order valence-corrected chi connectivity index (χ3v) is 26.2. The van der Waals surface area contributed by atoms with E-state index in [0.29, 0.717) is 16.5 Å². The number of thioether (sulfide) groups is 1. The van der Waals surface area contributed by atoms with Crippen molar-refractivity contribution >= 4 is 151 Å². The highest BCUT2D eigenvalue weighted by Crippen LogP contribution is 2.46. The first-order valence-electron chi connectivity index (χ1n) is 46.0. The Balaban J connectivity index is 1.19. The molecule has 0 spiro atoms. The van der Waals surface area contributed by atoms with Crippen molar-refractivity contribution in [1.29, 1.82) is 0 Å². The molecule has 810 valence electrons. The van der Waals surface area contributed by atoms with E-state index in [4.69, 9.17) is 5.73 Å². The molecular weight excluding hydrogens is 2020 g/mol. The Kier molecular flexibility index (Phi) is 50.4. The quantitative estimate of drug-likeness (QED) is 0.0125. The van der Waals surface area contributed by atoms with E-state index in [1.165, 1.54) is 48.4 Å². The van der Waals surface area contributed by atoms with Crippen molar-refractivity contribution in [3.05, 3.63) is 136 Å². The number of benzene rings is 3.